The van der Waals surface area contributed by atoms with Crippen LogP contribution in [0.15, 0.2) is 36.7 Å². The topological polar surface area (TPSA) is 138 Å². The number of fused-ring (bicyclic) bond motifs is 1. The summed E-state index contributed by atoms with van der Waals surface area (Å²) in [6.45, 7) is 4.55. The van der Waals surface area contributed by atoms with E-state index in [-0.39, 0.29) is 17.7 Å². The van der Waals surface area contributed by atoms with Gasteiger partial charge in [-0.05, 0) is 23.8 Å². The summed E-state index contributed by atoms with van der Waals surface area (Å²) >= 11 is 0. The minimum Gasteiger partial charge on any atom is -0.491 e. The lowest BCUT2D eigenvalue weighted by Gasteiger charge is -2.30. The number of aromatic amines is 1. The van der Waals surface area contributed by atoms with Crippen molar-refractivity contribution < 1.29 is 19.1 Å². The number of anilines is 3. The first-order valence-electron chi connectivity index (χ1n) is 11.3. The van der Waals surface area contributed by atoms with Crippen molar-refractivity contribution in [2.45, 2.75) is 6.54 Å². The molecule has 0 unspecified atom stereocenters. The van der Waals surface area contributed by atoms with Gasteiger partial charge in [-0.3, -0.25) is 24.6 Å². The number of amides is 2. The average molecular weight is 479 g/mol. The van der Waals surface area contributed by atoms with Crippen LogP contribution in [0, 0.1) is 0 Å². The van der Waals surface area contributed by atoms with Crippen molar-refractivity contribution in [1.82, 2.24) is 25.5 Å². The molecule has 0 bridgehead atoms. The first-order valence-corrected chi connectivity index (χ1v) is 11.3. The van der Waals surface area contributed by atoms with E-state index in [1.54, 1.807) is 25.6 Å². The van der Waals surface area contributed by atoms with E-state index >= 15 is 0 Å². The van der Waals surface area contributed by atoms with Crippen molar-refractivity contribution in [2.24, 2.45) is 0 Å². The van der Waals surface area contributed by atoms with Gasteiger partial charge >= 0.3 is 0 Å². The van der Waals surface area contributed by atoms with Crippen LogP contribution in [-0.2, 0) is 11.3 Å². The summed E-state index contributed by atoms with van der Waals surface area (Å²) in [5.41, 5.74) is 2.83. The maximum atomic E-state index is 13.0. The van der Waals surface area contributed by atoms with Gasteiger partial charge in [0.15, 0.2) is 0 Å². The molecule has 182 valence electrons. The Bertz CT molecular complexity index is 1220. The molecule has 1 aromatic carbocycles. The zero-order valence-electron chi connectivity index (χ0n) is 19.3. The van der Waals surface area contributed by atoms with Crippen LogP contribution in [0.4, 0.5) is 17.3 Å². The molecule has 2 aromatic heterocycles. The van der Waals surface area contributed by atoms with E-state index in [9.17, 15) is 9.59 Å². The number of piperazine rings is 1. The first kappa shape index (κ1) is 22.7. The summed E-state index contributed by atoms with van der Waals surface area (Å²) in [5.74, 6) is -0.000447. The molecule has 1 saturated heterocycles. The van der Waals surface area contributed by atoms with Crippen molar-refractivity contribution in [2.75, 3.05) is 61.6 Å². The molecule has 3 aromatic rings. The zero-order valence-corrected chi connectivity index (χ0v) is 19.3. The molecule has 0 spiro atoms. The molecule has 0 atom stereocenters. The normalized spacial score (nSPS) is 15.3. The highest BCUT2D eigenvalue weighted by atomic mass is 16.5. The fraction of sp³-hybridized carbons (Fsp3) is 0.348. The van der Waals surface area contributed by atoms with E-state index in [1.807, 2.05) is 18.2 Å². The van der Waals surface area contributed by atoms with Gasteiger partial charge in [0.05, 0.1) is 30.7 Å². The molecule has 4 heterocycles. The summed E-state index contributed by atoms with van der Waals surface area (Å²) < 4.78 is 10.6. The Morgan fingerprint density at radius 2 is 2.06 bits per heavy atom. The molecule has 35 heavy (non-hydrogen) atoms. The molecule has 0 aliphatic carbocycles. The molecule has 2 aliphatic rings. The number of nitrogens with zero attached hydrogens (tertiary/aromatic N) is 5. The maximum Gasteiger partial charge on any atom is 0.293 e. The summed E-state index contributed by atoms with van der Waals surface area (Å²) in [7, 11) is 1.60. The van der Waals surface area contributed by atoms with Crippen molar-refractivity contribution in [3.63, 3.8) is 0 Å². The lowest BCUT2D eigenvalue weighted by molar-refractivity contribution is 0.0990. The molecule has 2 aliphatic heterocycles. The van der Waals surface area contributed by atoms with Gasteiger partial charge in [0.25, 0.3) is 17.8 Å². The van der Waals surface area contributed by atoms with E-state index in [1.165, 1.54) is 4.90 Å². The molecular formula is C23H26N8O4. The Hall–Kier alpha value is -4.03. The second kappa shape index (κ2) is 10.1. The van der Waals surface area contributed by atoms with Gasteiger partial charge in [0.1, 0.15) is 12.4 Å². The van der Waals surface area contributed by atoms with Crippen molar-refractivity contribution in [3.05, 3.63) is 53.6 Å². The fourth-order valence-corrected chi connectivity index (χ4v) is 4.10. The minimum absolute atomic E-state index is 0.00228. The van der Waals surface area contributed by atoms with Crippen LogP contribution in [0.3, 0.4) is 0 Å². The van der Waals surface area contributed by atoms with E-state index in [0.29, 0.717) is 36.8 Å². The average Bonchev–Trinajstić information content (AvgIpc) is 3.50. The third-order valence-electron chi connectivity index (χ3n) is 5.88. The van der Waals surface area contributed by atoms with E-state index in [2.05, 4.69) is 35.7 Å². The summed E-state index contributed by atoms with van der Waals surface area (Å²) in [5, 5.41) is 12.9. The van der Waals surface area contributed by atoms with Crippen LogP contribution >= 0.6 is 0 Å². The molecule has 2 amide bonds. The summed E-state index contributed by atoms with van der Waals surface area (Å²) in [6.07, 6.45) is 3.31. The van der Waals surface area contributed by atoms with Crippen molar-refractivity contribution >= 4 is 29.1 Å². The highest BCUT2D eigenvalue weighted by Gasteiger charge is 2.32. The Kier molecular flexibility index (Phi) is 6.55. The SMILES string of the molecule is COCCOc1ccc2c(c1)C(=O)N(c1n[nH]c(C(=O)Nc3cnccc3N3CCNCC3)n1)C2. The van der Waals surface area contributed by atoms with Crippen LogP contribution < -0.4 is 25.2 Å². The van der Waals surface area contributed by atoms with Gasteiger partial charge in [-0.1, -0.05) is 6.07 Å². The number of nitrogens with one attached hydrogen (secondary N) is 3. The van der Waals surface area contributed by atoms with E-state index in [4.69, 9.17) is 9.47 Å². The number of ether oxygens (including phenoxy) is 2. The van der Waals surface area contributed by atoms with Gasteiger partial charge in [0, 0.05) is 45.0 Å². The van der Waals surface area contributed by atoms with Gasteiger partial charge in [0.2, 0.25) is 5.82 Å². The van der Waals surface area contributed by atoms with E-state index in [0.717, 1.165) is 37.4 Å². The highest BCUT2D eigenvalue weighted by Crippen LogP contribution is 2.29. The number of aromatic nitrogens is 4. The van der Waals surface area contributed by atoms with Crippen LogP contribution in [0.25, 0.3) is 0 Å². The lowest BCUT2D eigenvalue weighted by atomic mass is 10.1. The Morgan fingerprint density at radius 1 is 1.20 bits per heavy atom. The quantitative estimate of drug-likeness (QED) is 0.406. The number of pyridine rings is 1. The smallest absolute Gasteiger partial charge is 0.293 e. The minimum atomic E-state index is -0.467. The Morgan fingerprint density at radius 3 is 2.89 bits per heavy atom. The number of methoxy groups -OCH3 is 1. The molecule has 0 radical (unpaired) electrons. The molecule has 5 rings (SSSR count). The molecule has 3 N–H and O–H groups in total. The van der Waals surface area contributed by atoms with E-state index < -0.39 is 5.91 Å². The number of carbonyl (C=O) groups is 2. The predicted octanol–water partition coefficient (Wildman–Crippen LogP) is 1.05. The monoisotopic (exact) mass is 478 g/mol. The zero-order chi connectivity index (χ0) is 24.2. The maximum absolute atomic E-state index is 13.0. The molecular weight excluding hydrogens is 452 g/mol. The number of hydrogen-bond acceptors (Lipinski definition) is 9. The Labute approximate surface area is 201 Å². The van der Waals surface area contributed by atoms with Crippen molar-refractivity contribution in [3.8, 4) is 5.75 Å². The Balaban J connectivity index is 1.28. The van der Waals surface area contributed by atoms with Gasteiger partial charge in [-0.2, -0.15) is 4.98 Å². The summed E-state index contributed by atoms with van der Waals surface area (Å²) in [4.78, 5) is 38.0. The second-order valence-corrected chi connectivity index (χ2v) is 8.12. The van der Waals surface area contributed by atoms with Gasteiger partial charge < -0.3 is 25.0 Å². The number of benzene rings is 1. The first-order chi connectivity index (χ1) is 17.1. The predicted molar refractivity (Wildman–Crippen MR) is 128 cm³/mol. The van der Waals surface area contributed by atoms with Gasteiger partial charge in [-0.25, -0.2) is 0 Å². The second-order valence-electron chi connectivity index (χ2n) is 8.12. The van der Waals surface area contributed by atoms with Gasteiger partial charge in [-0.15, -0.1) is 5.10 Å². The highest BCUT2D eigenvalue weighted by molar-refractivity contribution is 6.10. The third kappa shape index (κ3) is 4.79. The van der Waals surface area contributed by atoms with Crippen LogP contribution in [0.2, 0.25) is 0 Å². The number of rotatable bonds is 8. The molecule has 0 saturated carbocycles. The number of hydrogen-bond donors (Lipinski definition) is 3. The third-order valence-corrected chi connectivity index (χ3v) is 5.88. The van der Waals surface area contributed by atoms with Crippen molar-refractivity contribution in [1.29, 1.82) is 0 Å². The largest absolute Gasteiger partial charge is 0.491 e. The summed E-state index contributed by atoms with van der Waals surface area (Å²) in [6, 6.07) is 7.23. The van der Waals surface area contributed by atoms with Crippen LogP contribution in [0.1, 0.15) is 26.5 Å². The molecule has 12 heteroatoms. The number of H-pyrrole nitrogens is 1. The fourth-order valence-electron chi connectivity index (χ4n) is 4.10. The van der Waals surface area contributed by atoms with Crippen LogP contribution in [-0.4, -0.2) is 78.5 Å². The van der Waals surface area contributed by atoms with Crippen LogP contribution in [0.5, 0.6) is 5.75 Å². The molecule has 1 fully saturated rings. The standard InChI is InChI=1S/C23H26N8O4/c1-34-10-11-35-16-3-2-15-14-31(22(33)17(15)12-16)23-27-20(28-29-23)21(32)26-18-13-25-5-4-19(18)30-8-6-24-7-9-30/h2-5,12-13,24H,6-11,14H2,1H3,(H,26,32)(H,27,28,29). The number of carbonyl (C=O) groups excluding carboxylic acids is 2. The lowest BCUT2D eigenvalue weighted by Crippen LogP contribution is -2.43. The molecule has 12 nitrogen and oxygen atoms in total.